The van der Waals surface area contributed by atoms with Crippen molar-refractivity contribution in [2.24, 2.45) is 0 Å². The van der Waals surface area contributed by atoms with Crippen LogP contribution in [0.1, 0.15) is 12.8 Å². The molecule has 0 aromatic heterocycles. The molecule has 1 heterocycles. The second-order valence-electron chi connectivity index (χ2n) is 4.23. The number of nitrogens with zero attached hydrogens (tertiary/aromatic N) is 1. The van der Waals surface area contributed by atoms with E-state index in [9.17, 15) is 9.18 Å². The molecule has 0 amide bonds. The second-order valence-corrected chi connectivity index (χ2v) is 4.67. The quantitative estimate of drug-likeness (QED) is 0.886. The molecule has 5 heteroatoms. The summed E-state index contributed by atoms with van der Waals surface area (Å²) in [6, 6.07) is 7.25. The van der Waals surface area contributed by atoms with Gasteiger partial charge < -0.3 is 10.0 Å². The van der Waals surface area contributed by atoms with E-state index < -0.39 is 11.6 Å². The Hall–Kier alpha value is -1.29. The van der Waals surface area contributed by atoms with E-state index in [-0.39, 0.29) is 12.8 Å². The van der Waals surface area contributed by atoms with Crippen molar-refractivity contribution in [2.45, 2.75) is 18.5 Å². The van der Waals surface area contributed by atoms with Crippen LogP contribution in [0.5, 0.6) is 0 Å². The molecule has 0 aliphatic carbocycles. The molecule has 2 rings (SSSR count). The fourth-order valence-corrected chi connectivity index (χ4v) is 2.11. The molecule has 0 radical (unpaired) electrons. The summed E-state index contributed by atoms with van der Waals surface area (Å²) < 4.78 is 13.8. The van der Waals surface area contributed by atoms with Crippen LogP contribution in [-0.4, -0.2) is 29.8 Å². The maximum absolute atomic E-state index is 13.8. The maximum atomic E-state index is 13.8. The minimum Gasteiger partial charge on any atom is -0.479 e. The van der Waals surface area contributed by atoms with Gasteiger partial charge in [0.15, 0.2) is 0 Å². The summed E-state index contributed by atoms with van der Waals surface area (Å²) in [5.41, 5.74) is -1.12. The average Bonchev–Trinajstić information content (AvgIpc) is 2.31. The van der Waals surface area contributed by atoms with Crippen molar-refractivity contribution in [3.8, 4) is 0 Å². The Morgan fingerprint density at radius 1 is 1.29 bits per heavy atom. The molecule has 17 heavy (non-hydrogen) atoms. The first kappa shape index (κ1) is 12.2. The number of anilines is 1. The van der Waals surface area contributed by atoms with Crippen LogP contribution in [-0.2, 0) is 4.79 Å². The van der Waals surface area contributed by atoms with Crippen molar-refractivity contribution in [2.75, 3.05) is 18.0 Å². The molecule has 1 fully saturated rings. The second kappa shape index (κ2) is 4.53. The maximum Gasteiger partial charge on any atom is 0.341 e. The lowest BCUT2D eigenvalue weighted by molar-refractivity contribution is -0.152. The van der Waals surface area contributed by atoms with E-state index in [0.717, 1.165) is 5.69 Å². The van der Waals surface area contributed by atoms with Crippen molar-refractivity contribution in [1.29, 1.82) is 0 Å². The highest BCUT2D eigenvalue weighted by atomic mass is 35.5. The van der Waals surface area contributed by atoms with E-state index in [1.807, 2.05) is 17.0 Å². The van der Waals surface area contributed by atoms with Crippen LogP contribution in [0.25, 0.3) is 0 Å². The summed E-state index contributed by atoms with van der Waals surface area (Å²) in [7, 11) is 0. The van der Waals surface area contributed by atoms with Crippen molar-refractivity contribution in [3.63, 3.8) is 0 Å². The lowest BCUT2D eigenvalue weighted by atomic mass is 9.93. The minimum absolute atomic E-state index is 0.0188. The van der Waals surface area contributed by atoms with Gasteiger partial charge in [0, 0.05) is 36.6 Å². The monoisotopic (exact) mass is 257 g/mol. The number of benzene rings is 1. The van der Waals surface area contributed by atoms with Crippen molar-refractivity contribution in [1.82, 2.24) is 0 Å². The lowest BCUT2D eigenvalue weighted by Crippen LogP contribution is -2.46. The molecular weight excluding hydrogens is 245 g/mol. The van der Waals surface area contributed by atoms with Gasteiger partial charge >= 0.3 is 5.97 Å². The van der Waals surface area contributed by atoms with Crippen LogP contribution < -0.4 is 4.90 Å². The number of hydrogen-bond donors (Lipinski definition) is 1. The third kappa shape index (κ3) is 2.52. The predicted molar refractivity (Wildman–Crippen MR) is 64.4 cm³/mol. The normalized spacial score (nSPS) is 19.1. The third-order valence-electron chi connectivity index (χ3n) is 3.13. The van der Waals surface area contributed by atoms with E-state index >= 15 is 0 Å². The van der Waals surface area contributed by atoms with E-state index in [2.05, 4.69) is 0 Å². The van der Waals surface area contributed by atoms with Crippen molar-refractivity contribution >= 4 is 23.3 Å². The highest BCUT2D eigenvalue weighted by Crippen LogP contribution is 2.30. The number of piperidine rings is 1. The molecule has 1 aliphatic heterocycles. The Kier molecular flexibility index (Phi) is 3.24. The summed E-state index contributed by atoms with van der Waals surface area (Å²) in [5, 5.41) is 9.43. The summed E-state index contributed by atoms with van der Waals surface area (Å²) in [4.78, 5) is 12.7. The highest BCUT2D eigenvalue weighted by molar-refractivity contribution is 6.30. The summed E-state index contributed by atoms with van der Waals surface area (Å²) in [6.07, 6.45) is 0.0376. The first-order valence-electron chi connectivity index (χ1n) is 5.44. The Morgan fingerprint density at radius 2 is 1.82 bits per heavy atom. The zero-order valence-corrected chi connectivity index (χ0v) is 9.95. The summed E-state index contributed by atoms with van der Waals surface area (Å²) >= 11 is 5.78. The molecule has 0 bridgehead atoms. The molecule has 1 aliphatic rings. The fraction of sp³-hybridized carbons (Fsp3) is 0.417. The van der Waals surface area contributed by atoms with Gasteiger partial charge in [0.25, 0.3) is 0 Å². The largest absolute Gasteiger partial charge is 0.479 e. The number of halogens is 2. The van der Waals surface area contributed by atoms with E-state index in [4.69, 9.17) is 16.7 Å². The number of aliphatic carboxylic acids is 1. The Bertz CT molecular complexity index is 413. The van der Waals surface area contributed by atoms with Gasteiger partial charge in [0.05, 0.1) is 0 Å². The van der Waals surface area contributed by atoms with Gasteiger partial charge in [0.2, 0.25) is 5.67 Å². The van der Waals surface area contributed by atoms with Crippen LogP contribution in [0.15, 0.2) is 24.3 Å². The predicted octanol–water partition coefficient (Wildman–Crippen LogP) is 2.73. The standard InChI is InChI=1S/C12H13ClFNO2/c13-9-1-3-10(4-2-9)15-7-5-12(14,6-8-15)11(16)17/h1-4H,5-8H2,(H,16,17). The topological polar surface area (TPSA) is 40.5 Å². The zero-order chi connectivity index (χ0) is 12.5. The Labute approximate surface area is 104 Å². The molecule has 1 aromatic carbocycles. The van der Waals surface area contributed by atoms with Gasteiger partial charge in [0.1, 0.15) is 0 Å². The Morgan fingerprint density at radius 3 is 2.29 bits per heavy atom. The SMILES string of the molecule is O=C(O)C1(F)CCN(c2ccc(Cl)cc2)CC1. The summed E-state index contributed by atoms with van der Waals surface area (Å²) in [5.74, 6) is -1.35. The van der Waals surface area contributed by atoms with Gasteiger partial charge in [-0.05, 0) is 24.3 Å². The number of alkyl halides is 1. The minimum atomic E-state index is -2.07. The van der Waals surface area contributed by atoms with Crippen LogP contribution >= 0.6 is 11.6 Å². The highest BCUT2D eigenvalue weighted by Gasteiger charge is 2.41. The van der Waals surface area contributed by atoms with Gasteiger partial charge in [-0.15, -0.1) is 0 Å². The van der Waals surface area contributed by atoms with Gasteiger partial charge in [-0.3, -0.25) is 0 Å². The van der Waals surface area contributed by atoms with Crippen LogP contribution in [0.4, 0.5) is 10.1 Å². The number of carboxylic acids is 1. The third-order valence-corrected chi connectivity index (χ3v) is 3.38. The average molecular weight is 258 g/mol. The van der Waals surface area contributed by atoms with Crippen molar-refractivity contribution < 1.29 is 14.3 Å². The lowest BCUT2D eigenvalue weighted by Gasteiger charge is -2.35. The molecule has 1 saturated heterocycles. The van der Waals surface area contributed by atoms with Crippen molar-refractivity contribution in [3.05, 3.63) is 29.3 Å². The van der Waals surface area contributed by atoms with Crippen LogP contribution in [0, 0.1) is 0 Å². The molecule has 3 nitrogen and oxygen atoms in total. The molecule has 1 aromatic rings. The van der Waals surface area contributed by atoms with Gasteiger partial charge in [-0.25, -0.2) is 9.18 Å². The van der Waals surface area contributed by atoms with Gasteiger partial charge in [-0.1, -0.05) is 11.6 Å². The Balaban J connectivity index is 2.04. The molecular formula is C12H13ClFNO2. The number of carboxylic acid groups (broad SMARTS) is 1. The van der Waals surface area contributed by atoms with Gasteiger partial charge in [-0.2, -0.15) is 0 Å². The molecule has 0 atom stereocenters. The molecule has 92 valence electrons. The first-order chi connectivity index (χ1) is 8.01. The molecule has 0 saturated carbocycles. The van der Waals surface area contributed by atoms with E-state index in [1.165, 1.54) is 0 Å². The number of carbonyl (C=O) groups is 1. The smallest absolute Gasteiger partial charge is 0.341 e. The van der Waals surface area contributed by atoms with E-state index in [1.54, 1.807) is 12.1 Å². The van der Waals surface area contributed by atoms with E-state index in [0.29, 0.717) is 18.1 Å². The fourth-order valence-electron chi connectivity index (χ4n) is 1.99. The van der Waals surface area contributed by atoms with Crippen LogP contribution in [0.3, 0.4) is 0 Å². The molecule has 1 N–H and O–H groups in total. The first-order valence-corrected chi connectivity index (χ1v) is 5.82. The zero-order valence-electron chi connectivity index (χ0n) is 9.20. The summed E-state index contributed by atoms with van der Waals surface area (Å²) in [6.45, 7) is 0.814. The molecule has 0 unspecified atom stereocenters. The number of rotatable bonds is 2. The molecule has 0 spiro atoms. The van der Waals surface area contributed by atoms with Crippen LogP contribution in [0.2, 0.25) is 5.02 Å². The number of hydrogen-bond acceptors (Lipinski definition) is 2.